The number of carboxylic acid groups (broad SMARTS) is 1. The van der Waals surface area contributed by atoms with Crippen LogP contribution in [-0.4, -0.2) is 48.1 Å². The van der Waals surface area contributed by atoms with Gasteiger partial charge in [0.25, 0.3) is 0 Å². The maximum absolute atomic E-state index is 11.2. The highest BCUT2D eigenvalue weighted by Crippen LogP contribution is 2.19. The van der Waals surface area contributed by atoms with E-state index in [2.05, 4.69) is 10.2 Å². The molecule has 1 unspecified atom stereocenters. The largest absolute Gasteiger partial charge is 0.481 e. The molecule has 1 saturated heterocycles. The molecule has 1 aliphatic rings. The molecule has 92 valence electrons. The van der Waals surface area contributed by atoms with Crippen LogP contribution in [0.5, 0.6) is 0 Å². The van der Waals surface area contributed by atoms with E-state index < -0.39 is 5.97 Å². The van der Waals surface area contributed by atoms with Crippen LogP contribution in [0.15, 0.2) is 0 Å². The molecule has 0 aromatic rings. The number of likely N-dealkylation sites (tertiary alicyclic amines) is 1. The van der Waals surface area contributed by atoms with Crippen LogP contribution in [0.25, 0.3) is 0 Å². The van der Waals surface area contributed by atoms with Crippen LogP contribution < -0.4 is 5.32 Å². The van der Waals surface area contributed by atoms with E-state index in [-0.39, 0.29) is 18.2 Å². The number of nitrogens with zero attached hydrogens (tertiary/aromatic N) is 1. The molecular weight excluding hydrogens is 208 g/mol. The number of rotatable bonds is 6. The molecule has 1 amide bonds. The maximum Gasteiger partial charge on any atom is 0.303 e. The highest BCUT2D eigenvalue weighted by Gasteiger charge is 2.24. The van der Waals surface area contributed by atoms with Gasteiger partial charge in [0.05, 0.1) is 0 Å². The molecule has 0 spiro atoms. The van der Waals surface area contributed by atoms with Crippen molar-refractivity contribution in [3.05, 3.63) is 0 Å². The monoisotopic (exact) mass is 228 g/mol. The molecule has 1 heterocycles. The first-order valence-electron chi connectivity index (χ1n) is 5.82. The Labute approximate surface area is 95.8 Å². The lowest BCUT2D eigenvalue weighted by molar-refractivity contribution is -0.138. The van der Waals surface area contributed by atoms with Crippen LogP contribution in [-0.2, 0) is 9.59 Å². The Morgan fingerprint density at radius 1 is 1.50 bits per heavy atom. The van der Waals surface area contributed by atoms with Gasteiger partial charge >= 0.3 is 5.97 Å². The third-order valence-electron chi connectivity index (χ3n) is 2.86. The first-order valence-corrected chi connectivity index (χ1v) is 5.82. The summed E-state index contributed by atoms with van der Waals surface area (Å²) in [6.07, 6.45) is 1.69. The standard InChI is InChI=1S/C11H20N2O3/c1-2-12-10(14)4-6-13-5-3-9(8-13)7-11(15)16/h9H,2-8H2,1H3,(H,12,14)(H,15,16). The third-order valence-corrected chi connectivity index (χ3v) is 2.86. The number of carboxylic acids is 1. The van der Waals surface area contributed by atoms with Crippen LogP contribution >= 0.6 is 0 Å². The minimum atomic E-state index is -0.726. The minimum Gasteiger partial charge on any atom is -0.481 e. The number of aliphatic carboxylic acids is 1. The van der Waals surface area contributed by atoms with Crippen LogP contribution in [0.4, 0.5) is 0 Å². The molecule has 0 radical (unpaired) electrons. The van der Waals surface area contributed by atoms with Crippen LogP contribution in [0.2, 0.25) is 0 Å². The highest BCUT2D eigenvalue weighted by molar-refractivity contribution is 5.75. The van der Waals surface area contributed by atoms with Crippen LogP contribution in [0.3, 0.4) is 0 Å². The normalized spacial score (nSPS) is 20.9. The van der Waals surface area contributed by atoms with Gasteiger partial charge in [0.15, 0.2) is 0 Å². The summed E-state index contributed by atoms with van der Waals surface area (Å²) >= 11 is 0. The van der Waals surface area contributed by atoms with Crippen molar-refractivity contribution in [2.24, 2.45) is 5.92 Å². The average Bonchev–Trinajstić information content (AvgIpc) is 2.62. The quantitative estimate of drug-likeness (QED) is 0.686. The van der Waals surface area contributed by atoms with E-state index in [1.807, 2.05) is 6.92 Å². The number of carbonyl (C=O) groups excluding carboxylic acids is 1. The molecule has 0 bridgehead atoms. The van der Waals surface area contributed by atoms with Crippen LogP contribution in [0.1, 0.15) is 26.2 Å². The number of amides is 1. The summed E-state index contributed by atoms with van der Waals surface area (Å²) < 4.78 is 0. The molecule has 2 N–H and O–H groups in total. The summed E-state index contributed by atoms with van der Waals surface area (Å²) in [7, 11) is 0. The number of hydrogen-bond acceptors (Lipinski definition) is 3. The van der Waals surface area contributed by atoms with Crippen molar-refractivity contribution in [2.45, 2.75) is 26.2 Å². The van der Waals surface area contributed by atoms with Gasteiger partial charge in [-0.05, 0) is 25.8 Å². The van der Waals surface area contributed by atoms with Crippen molar-refractivity contribution in [1.29, 1.82) is 0 Å². The fourth-order valence-corrected chi connectivity index (χ4v) is 2.07. The average molecular weight is 228 g/mol. The van der Waals surface area contributed by atoms with Gasteiger partial charge in [0.1, 0.15) is 0 Å². The molecule has 1 fully saturated rings. The molecular formula is C11H20N2O3. The SMILES string of the molecule is CCNC(=O)CCN1CCC(CC(=O)O)C1. The Hall–Kier alpha value is -1.10. The zero-order valence-electron chi connectivity index (χ0n) is 9.74. The summed E-state index contributed by atoms with van der Waals surface area (Å²) in [4.78, 5) is 23.9. The number of carbonyl (C=O) groups is 2. The van der Waals surface area contributed by atoms with Crippen molar-refractivity contribution in [3.63, 3.8) is 0 Å². The number of hydrogen-bond donors (Lipinski definition) is 2. The molecule has 0 aliphatic carbocycles. The predicted octanol–water partition coefficient (Wildman–Crippen LogP) is 0.309. The van der Waals surface area contributed by atoms with E-state index in [0.29, 0.717) is 13.0 Å². The van der Waals surface area contributed by atoms with Crippen molar-refractivity contribution in [1.82, 2.24) is 10.2 Å². The Morgan fingerprint density at radius 2 is 2.25 bits per heavy atom. The smallest absolute Gasteiger partial charge is 0.303 e. The number of nitrogens with one attached hydrogen (secondary N) is 1. The van der Waals surface area contributed by atoms with Gasteiger partial charge in [-0.25, -0.2) is 0 Å². The Morgan fingerprint density at radius 3 is 2.88 bits per heavy atom. The molecule has 1 rings (SSSR count). The molecule has 5 nitrogen and oxygen atoms in total. The second-order valence-electron chi connectivity index (χ2n) is 4.26. The molecule has 1 atom stereocenters. The predicted molar refractivity (Wildman–Crippen MR) is 60.1 cm³/mol. The van der Waals surface area contributed by atoms with Crippen molar-refractivity contribution in [2.75, 3.05) is 26.2 Å². The van der Waals surface area contributed by atoms with Crippen molar-refractivity contribution in [3.8, 4) is 0 Å². The Bertz CT molecular complexity index is 256. The molecule has 5 heteroatoms. The summed E-state index contributed by atoms with van der Waals surface area (Å²) in [6.45, 7) is 5.03. The topological polar surface area (TPSA) is 69.6 Å². The van der Waals surface area contributed by atoms with E-state index in [1.165, 1.54) is 0 Å². The lowest BCUT2D eigenvalue weighted by Crippen LogP contribution is -2.29. The van der Waals surface area contributed by atoms with E-state index in [1.54, 1.807) is 0 Å². The van der Waals surface area contributed by atoms with Crippen LogP contribution in [0, 0.1) is 5.92 Å². The first-order chi connectivity index (χ1) is 7.61. The Balaban J connectivity index is 2.16. The second-order valence-corrected chi connectivity index (χ2v) is 4.26. The zero-order chi connectivity index (χ0) is 12.0. The van der Waals surface area contributed by atoms with Gasteiger partial charge in [-0.2, -0.15) is 0 Å². The summed E-state index contributed by atoms with van der Waals surface area (Å²) in [5.74, 6) is -0.397. The zero-order valence-corrected chi connectivity index (χ0v) is 9.74. The van der Waals surface area contributed by atoms with Gasteiger partial charge < -0.3 is 15.3 Å². The van der Waals surface area contributed by atoms with Gasteiger partial charge in [0, 0.05) is 32.5 Å². The lowest BCUT2D eigenvalue weighted by Gasteiger charge is -2.14. The van der Waals surface area contributed by atoms with Crippen molar-refractivity contribution >= 4 is 11.9 Å². The lowest BCUT2D eigenvalue weighted by atomic mass is 10.1. The fraction of sp³-hybridized carbons (Fsp3) is 0.818. The summed E-state index contributed by atoms with van der Waals surface area (Å²) in [6, 6.07) is 0. The van der Waals surface area contributed by atoms with E-state index in [0.717, 1.165) is 26.1 Å². The Kier molecular flexibility index (Phi) is 5.25. The summed E-state index contributed by atoms with van der Waals surface area (Å²) in [5, 5.41) is 11.4. The van der Waals surface area contributed by atoms with E-state index in [4.69, 9.17) is 5.11 Å². The second kappa shape index (κ2) is 6.48. The summed E-state index contributed by atoms with van der Waals surface area (Å²) in [5.41, 5.74) is 0. The molecule has 16 heavy (non-hydrogen) atoms. The van der Waals surface area contributed by atoms with E-state index in [9.17, 15) is 9.59 Å². The van der Waals surface area contributed by atoms with Gasteiger partial charge in [-0.3, -0.25) is 9.59 Å². The minimum absolute atomic E-state index is 0.0733. The molecule has 0 aromatic carbocycles. The van der Waals surface area contributed by atoms with Crippen molar-refractivity contribution < 1.29 is 14.7 Å². The molecule has 0 saturated carbocycles. The van der Waals surface area contributed by atoms with Gasteiger partial charge in [-0.15, -0.1) is 0 Å². The third kappa shape index (κ3) is 4.61. The maximum atomic E-state index is 11.2. The molecule has 0 aromatic heterocycles. The van der Waals surface area contributed by atoms with Gasteiger partial charge in [-0.1, -0.05) is 0 Å². The first kappa shape index (κ1) is 13.0. The molecule has 1 aliphatic heterocycles. The highest BCUT2D eigenvalue weighted by atomic mass is 16.4. The van der Waals surface area contributed by atoms with Gasteiger partial charge in [0.2, 0.25) is 5.91 Å². The van der Waals surface area contributed by atoms with E-state index >= 15 is 0 Å². The fourth-order valence-electron chi connectivity index (χ4n) is 2.07.